The van der Waals surface area contributed by atoms with Gasteiger partial charge in [0.05, 0.1) is 11.5 Å². The minimum absolute atomic E-state index is 0.0732. The molecule has 0 saturated heterocycles. The summed E-state index contributed by atoms with van der Waals surface area (Å²) < 4.78 is 63.7. The molecule has 0 bridgehead atoms. The zero-order valence-corrected chi connectivity index (χ0v) is 11.7. The molecule has 10 heteroatoms. The molecular formula is C11H13F3N2O4S. The van der Waals surface area contributed by atoms with E-state index in [2.05, 4.69) is 0 Å². The largest absolute Gasteiger partial charge is 0.405 e. The Hall–Kier alpha value is -1.65. The summed E-state index contributed by atoms with van der Waals surface area (Å²) >= 11 is 0. The molecule has 0 saturated carbocycles. The number of hydrogen-bond acceptors (Lipinski definition) is 4. The monoisotopic (exact) mass is 326 g/mol. The number of primary sulfonamides is 1. The minimum atomic E-state index is -4.56. The zero-order chi connectivity index (χ0) is 16.3. The van der Waals surface area contributed by atoms with Crippen molar-refractivity contribution in [1.82, 2.24) is 5.32 Å². The predicted molar refractivity (Wildman–Crippen MR) is 66.9 cm³/mol. The molecule has 0 unspecified atom stereocenters. The standard InChI is InChI=1S/C11H13F3N2O4S/c1-20-5-8-3-2-7(4-9(8)21(15,18)19)10(17)16-6-11(12,13)14/h2-4H,5-6H2,1H3,(H,16,17)(H2,15,18,19). The molecule has 1 aromatic carbocycles. The van der Waals surface area contributed by atoms with Crippen molar-refractivity contribution in [3.63, 3.8) is 0 Å². The van der Waals surface area contributed by atoms with Crippen molar-refractivity contribution in [3.05, 3.63) is 29.3 Å². The quantitative estimate of drug-likeness (QED) is 0.835. The first-order chi connectivity index (χ1) is 9.54. The van der Waals surface area contributed by atoms with Crippen LogP contribution in [0, 0.1) is 0 Å². The van der Waals surface area contributed by atoms with Crippen molar-refractivity contribution in [2.75, 3.05) is 13.7 Å². The third kappa shape index (κ3) is 5.33. The van der Waals surface area contributed by atoms with E-state index in [0.717, 1.165) is 6.07 Å². The molecule has 1 amide bonds. The number of nitrogens with two attached hydrogens (primary N) is 1. The number of carbonyl (C=O) groups excluding carboxylic acids is 1. The van der Waals surface area contributed by atoms with Gasteiger partial charge in [-0.15, -0.1) is 0 Å². The molecule has 118 valence electrons. The van der Waals surface area contributed by atoms with E-state index in [1.165, 1.54) is 19.2 Å². The van der Waals surface area contributed by atoms with Crippen LogP contribution in [-0.4, -0.2) is 34.2 Å². The lowest BCUT2D eigenvalue weighted by molar-refractivity contribution is -0.123. The van der Waals surface area contributed by atoms with Crippen LogP contribution < -0.4 is 10.5 Å². The first-order valence-electron chi connectivity index (χ1n) is 5.54. The predicted octanol–water partition coefficient (Wildman–Crippen LogP) is 0.773. The number of rotatable bonds is 5. The van der Waals surface area contributed by atoms with Gasteiger partial charge in [-0.25, -0.2) is 13.6 Å². The fraction of sp³-hybridized carbons (Fsp3) is 0.364. The van der Waals surface area contributed by atoms with Crippen molar-refractivity contribution < 1.29 is 31.1 Å². The van der Waals surface area contributed by atoms with E-state index in [1.807, 2.05) is 0 Å². The molecule has 0 atom stereocenters. The molecule has 21 heavy (non-hydrogen) atoms. The summed E-state index contributed by atoms with van der Waals surface area (Å²) in [5.74, 6) is -1.05. The molecule has 0 spiro atoms. The second-order valence-corrected chi connectivity index (χ2v) is 5.63. The topological polar surface area (TPSA) is 98.5 Å². The third-order valence-corrected chi connectivity index (χ3v) is 3.38. The number of methoxy groups -OCH3 is 1. The van der Waals surface area contributed by atoms with Gasteiger partial charge < -0.3 is 10.1 Å². The average molecular weight is 326 g/mol. The summed E-state index contributed by atoms with van der Waals surface area (Å²) in [6, 6.07) is 3.36. The van der Waals surface area contributed by atoms with Crippen molar-refractivity contribution in [2.24, 2.45) is 5.14 Å². The first-order valence-corrected chi connectivity index (χ1v) is 7.09. The molecule has 1 aromatic rings. The van der Waals surface area contributed by atoms with E-state index in [9.17, 15) is 26.4 Å². The highest BCUT2D eigenvalue weighted by atomic mass is 32.2. The van der Waals surface area contributed by atoms with E-state index in [1.54, 1.807) is 5.32 Å². The van der Waals surface area contributed by atoms with Crippen LogP contribution in [0.4, 0.5) is 13.2 Å². The molecule has 3 N–H and O–H groups in total. The highest BCUT2D eigenvalue weighted by Gasteiger charge is 2.28. The van der Waals surface area contributed by atoms with Crippen molar-refractivity contribution >= 4 is 15.9 Å². The van der Waals surface area contributed by atoms with Gasteiger partial charge in [-0.05, 0) is 17.7 Å². The molecule has 1 rings (SSSR count). The van der Waals surface area contributed by atoms with Crippen molar-refractivity contribution in [2.45, 2.75) is 17.7 Å². The summed E-state index contributed by atoms with van der Waals surface area (Å²) in [5, 5.41) is 6.64. The number of hydrogen-bond donors (Lipinski definition) is 2. The summed E-state index contributed by atoms with van der Waals surface area (Å²) in [6.45, 7) is -1.59. The number of alkyl halides is 3. The van der Waals surface area contributed by atoms with Crippen LogP contribution in [-0.2, 0) is 21.4 Å². The molecule has 0 aliphatic carbocycles. The average Bonchev–Trinajstić information content (AvgIpc) is 2.34. The second kappa shape index (κ2) is 6.41. The molecule has 6 nitrogen and oxygen atoms in total. The SMILES string of the molecule is COCc1ccc(C(=O)NCC(F)(F)F)cc1S(N)(=O)=O. The van der Waals surface area contributed by atoms with Crippen LogP contribution in [0.2, 0.25) is 0 Å². The molecule has 0 heterocycles. The van der Waals surface area contributed by atoms with Crippen molar-refractivity contribution in [3.8, 4) is 0 Å². The fourth-order valence-corrected chi connectivity index (χ4v) is 2.30. The Balaban J connectivity index is 3.08. The van der Waals surface area contributed by atoms with Crippen LogP contribution in [0.25, 0.3) is 0 Å². The van der Waals surface area contributed by atoms with Gasteiger partial charge in [-0.1, -0.05) is 6.07 Å². The Morgan fingerprint density at radius 2 is 2.00 bits per heavy atom. The molecule has 0 radical (unpaired) electrons. The van der Waals surface area contributed by atoms with Gasteiger partial charge in [-0.3, -0.25) is 4.79 Å². The molecule has 0 aliphatic heterocycles. The van der Waals surface area contributed by atoms with E-state index in [-0.39, 0.29) is 22.6 Å². The lowest BCUT2D eigenvalue weighted by Crippen LogP contribution is -2.33. The molecule has 0 fully saturated rings. The zero-order valence-electron chi connectivity index (χ0n) is 10.9. The molecular weight excluding hydrogens is 313 g/mol. The molecule has 0 aromatic heterocycles. The third-order valence-electron chi connectivity index (χ3n) is 2.39. The Bertz CT molecular complexity index is 629. The Kier molecular flexibility index (Phi) is 5.31. The fourth-order valence-electron chi connectivity index (χ4n) is 1.52. The lowest BCUT2D eigenvalue weighted by Gasteiger charge is -2.11. The van der Waals surface area contributed by atoms with Gasteiger partial charge in [0.25, 0.3) is 5.91 Å². The van der Waals surface area contributed by atoms with Crippen LogP contribution in [0.15, 0.2) is 23.1 Å². The van der Waals surface area contributed by atoms with Gasteiger partial charge in [-0.2, -0.15) is 13.2 Å². The summed E-state index contributed by atoms with van der Waals surface area (Å²) in [5.41, 5.74) is -0.0458. The van der Waals surface area contributed by atoms with Gasteiger partial charge >= 0.3 is 6.18 Å². The summed E-state index contributed by atoms with van der Waals surface area (Å²) in [6.07, 6.45) is -4.56. The lowest BCUT2D eigenvalue weighted by atomic mass is 10.1. The maximum Gasteiger partial charge on any atom is 0.405 e. The van der Waals surface area contributed by atoms with Gasteiger partial charge in [0.15, 0.2) is 0 Å². The smallest absolute Gasteiger partial charge is 0.380 e. The Labute approximate surface area is 119 Å². The van der Waals surface area contributed by atoms with Gasteiger partial charge in [0.2, 0.25) is 10.0 Å². The van der Waals surface area contributed by atoms with Crippen LogP contribution >= 0.6 is 0 Å². The number of ether oxygens (including phenoxy) is 1. The van der Waals surface area contributed by atoms with E-state index in [4.69, 9.17) is 9.88 Å². The first kappa shape index (κ1) is 17.4. The number of benzene rings is 1. The highest BCUT2D eigenvalue weighted by Crippen LogP contribution is 2.18. The second-order valence-electron chi connectivity index (χ2n) is 4.10. The summed E-state index contributed by atoms with van der Waals surface area (Å²) in [7, 11) is -2.81. The Morgan fingerprint density at radius 1 is 1.38 bits per heavy atom. The van der Waals surface area contributed by atoms with Gasteiger partial charge in [0.1, 0.15) is 6.54 Å². The Morgan fingerprint density at radius 3 is 2.48 bits per heavy atom. The summed E-state index contributed by atoms with van der Waals surface area (Å²) in [4.78, 5) is 11.2. The minimum Gasteiger partial charge on any atom is -0.380 e. The van der Waals surface area contributed by atoms with Crippen molar-refractivity contribution in [1.29, 1.82) is 0 Å². The number of halogens is 3. The maximum atomic E-state index is 12.0. The van der Waals surface area contributed by atoms with Gasteiger partial charge in [0, 0.05) is 12.7 Å². The maximum absolute atomic E-state index is 12.0. The molecule has 0 aliphatic rings. The van der Waals surface area contributed by atoms with E-state index >= 15 is 0 Å². The van der Waals surface area contributed by atoms with Crippen LogP contribution in [0.1, 0.15) is 15.9 Å². The van der Waals surface area contributed by atoms with Crippen LogP contribution in [0.5, 0.6) is 0 Å². The van der Waals surface area contributed by atoms with Crippen LogP contribution in [0.3, 0.4) is 0 Å². The van der Waals surface area contributed by atoms with E-state index < -0.39 is 28.7 Å². The number of nitrogens with one attached hydrogen (secondary N) is 1. The number of sulfonamides is 1. The number of carbonyl (C=O) groups is 1. The number of amides is 1. The highest BCUT2D eigenvalue weighted by molar-refractivity contribution is 7.89. The van der Waals surface area contributed by atoms with E-state index in [0.29, 0.717) is 0 Å². The normalized spacial score (nSPS) is 12.2.